The number of fused-ring (bicyclic) bond motifs is 2. The van der Waals surface area contributed by atoms with Gasteiger partial charge >= 0.3 is 5.97 Å². The van der Waals surface area contributed by atoms with Crippen LogP contribution in [0.5, 0.6) is 5.75 Å². The molecule has 0 radical (unpaired) electrons. The van der Waals surface area contributed by atoms with Gasteiger partial charge in [-0.1, -0.05) is 23.7 Å². The maximum atomic E-state index is 12.4. The number of hydrogen-bond acceptors (Lipinski definition) is 5. The molecule has 27 heavy (non-hydrogen) atoms. The minimum absolute atomic E-state index is 0.105. The van der Waals surface area contributed by atoms with Crippen LogP contribution in [0.15, 0.2) is 46.8 Å². The van der Waals surface area contributed by atoms with Gasteiger partial charge in [-0.2, -0.15) is 0 Å². The predicted octanol–water partition coefficient (Wildman–Crippen LogP) is 3.40. The highest BCUT2D eigenvalue weighted by Gasteiger charge is 2.19. The van der Waals surface area contributed by atoms with E-state index in [2.05, 4.69) is 9.97 Å². The lowest BCUT2D eigenvalue weighted by Gasteiger charge is -2.17. The number of para-hydroxylation sites is 1. The Morgan fingerprint density at radius 1 is 1.33 bits per heavy atom. The van der Waals surface area contributed by atoms with Gasteiger partial charge < -0.3 is 14.5 Å². The fraction of sp³-hybridized carbons (Fsp3) is 0.150. The zero-order valence-electron chi connectivity index (χ0n) is 14.4. The number of hydrogen-bond donors (Lipinski definition) is 1. The number of esters is 1. The van der Waals surface area contributed by atoms with Crippen molar-refractivity contribution in [2.24, 2.45) is 0 Å². The molecular formula is C20H15ClN2O4. The van der Waals surface area contributed by atoms with Crippen LogP contribution in [-0.4, -0.2) is 22.5 Å². The van der Waals surface area contributed by atoms with E-state index in [4.69, 9.17) is 21.1 Å². The predicted molar refractivity (Wildman–Crippen MR) is 102 cm³/mol. The third-order valence-corrected chi connectivity index (χ3v) is 4.51. The van der Waals surface area contributed by atoms with Crippen LogP contribution in [0.3, 0.4) is 0 Å². The van der Waals surface area contributed by atoms with Crippen molar-refractivity contribution < 1.29 is 14.3 Å². The van der Waals surface area contributed by atoms with Gasteiger partial charge in [0.05, 0.1) is 16.5 Å². The summed E-state index contributed by atoms with van der Waals surface area (Å²) >= 11 is 5.98. The first-order chi connectivity index (χ1) is 13.0. The molecule has 0 saturated heterocycles. The molecule has 0 fully saturated rings. The van der Waals surface area contributed by atoms with E-state index < -0.39 is 5.97 Å². The van der Waals surface area contributed by atoms with Gasteiger partial charge in [-0.25, -0.2) is 9.78 Å². The molecule has 0 saturated carbocycles. The molecule has 0 bridgehead atoms. The first-order valence-corrected chi connectivity index (χ1v) is 8.67. The number of aryl methyl sites for hydroxylation is 1. The summed E-state index contributed by atoms with van der Waals surface area (Å²) in [5.74, 6) is 0.413. The van der Waals surface area contributed by atoms with E-state index in [1.165, 1.54) is 0 Å². The van der Waals surface area contributed by atoms with Crippen molar-refractivity contribution in [1.82, 2.24) is 9.97 Å². The van der Waals surface area contributed by atoms with Gasteiger partial charge in [0.15, 0.2) is 0 Å². The summed E-state index contributed by atoms with van der Waals surface area (Å²) in [5, 5.41) is 1.05. The minimum atomic E-state index is -0.534. The van der Waals surface area contributed by atoms with Gasteiger partial charge in [-0.3, -0.25) is 4.79 Å². The standard InChI is InChI=1S/C20H15ClN2O4/c1-11-3-2-4-15-18(11)22-17(23-19(15)24)10-27-20(25)13-7-12-8-14(21)5-6-16(12)26-9-13/h2-8H,9-10H2,1H3,(H,22,23,24). The highest BCUT2D eigenvalue weighted by atomic mass is 35.5. The minimum Gasteiger partial charge on any atom is -0.488 e. The molecule has 1 aromatic heterocycles. The van der Waals surface area contributed by atoms with Crippen LogP contribution < -0.4 is 10.3 Å². The third kappa shape index (κ3) is 3.44. The molecule has 0 amide bonds. The van der Waals surface area contributed by atoms with E-state index in [0.29, 0.717) is 32.8 Å². The molecule has 3 aromatic rings. The molecule has 6 nitrogen and oxygen atoms in total. The van der Waals surface area contributed by atoms with Crippen LogP contribution in [0.1, 0.15) is 17.0 Å². The summed E-state index contributed by atoms with van der Waals surface area (Å²) in [7, 11) is 0. The second-order valence-electron chi connectivity index (χ2n) is 6.20. The number of halogens is 1. The van der Waals surface area contributed by atoms with Gasteiger partial charge in [-0.15, -0.1) is 0 Å². The maximum absolute atomic E-state index is 12.4. The van der Waals surface area contributed by atoms with Crippen molar-refractivity contribution in [3.8, 4) is 5.75 Å². The second kappa shape index (κ2) is 6.89. The SMILES string of the molecule is Cc1cccc2c(=O)[nH]c(COC(=O)C3=Cc4cc(Cl)ccc4OC3)nc12. The Labute approximate surface area is 159 Å². The van der Waals surface area contributed by atoms with Crippen LogP contribution in [-0.2, 0) is 16.1 Å². The molecule has 7 heteroatoms. The molecule has 1 N–H and O–H groups in total. The average Bonchev–Trinajstić information content (AvgIpc) is 2.66. The Morgan fingerprint density at radius 3 is 3.04 bits per heavy atom. The molecule has 0 spiro atoms. The molecule has 0 atom stereocenters. The molecule has 1 aliphatic heterocycles. The number of ether oxygens (including phenoxy) is 2. The largest absolute Gasteiger partial charge is 0.488 e. The summed E-state index contributed by atoms with van der Waals surface area (Å²) in [6.07, 6.45) is 1.69. The van der Waals surface area contributed by atoms with Crippen LogP contribution in [0.2, 0.25) is 5.02 Å². The average molecular weight is 383 g/mol. The first-order valence-electron chi connectivity index (χ1n) is 8.30. The third-order valence-electron chi connectivity index (χ3n) is 4.27. The number of nitrogens with zero attached hydrogens (tertiary/aromatic N) is 1. The van der Waals surface area contributed by atoms with Gasteiger partial charge in [0.1, 0.15) is 24.8 Å². The zero-order valence-corrected chi connectivity index (χ0v) is 15.2. The van der Waals surface area contributed by atoms with Crippen molar-refractivity contribution >= 4 is 34.5 Å². The van der Waals surface area contributed by atoms with Crippen molar-refractivity contribution in [3.05, 3.63) is 74.3 Å². The summed E-state index contributed by atoms with van der Waals surface area (Å²) in [4.78, 5) is 31.6. The van der Waals surface area contributed by atoms with Crippen molar-refractivity contribution in [2.75, 3.05) is 6.61 Å². The lowest BCUT2D eigenvalue weighted by Crippen LogP contribution is -2.19. The molecule has 136 valence electrons. The first kappa shape index (κ1) is 17.3. The number of benzene rings is 2. The monoisotopic (exact) mass is 382 g/mol. The summed E-state index contributed by atoms with van der Waals surface area (Å²) in [5.41, 5.74) is 2.29. The fourth-order valence-electron chi connectivity index (χ4n) is 2.91. The van der Waals surface area contributed by atoms with E-state index in [-0.39, 0.29) is 24.6 Å². The van der Waals surface area contributed by atoms with Crippen LogP contribution in [0.4, 0.5) is 0 Å². The lowest BCUT2D eigenvalue weighted by atomic mass is 10.1. The molecule has 4 rings (SSSR count). The van der Waals surface area contributed by atoms with Crippen molar-refractivity contribution in [1.29, 1.82) is 0 Å². The van der Waals surface area contributed by atoms with Gasteiger partial charge in [-0.05, 0) is 42.8 Å². The van der Waals surface area contributed by atoms with E-state index in [1.54, 1.807) is 36.4 Å². The van der Waals surface area contributed by atoms with Gasteiger partial charge in [0.2, 0.25) is 0 Å². The smallest absolute Gasteiger partial charge is 0.337 e. The molecule has 2 heterocycles. The Hall–Kier alpha value is -3.12. The van der Waals surface area contributed by atoms with E-state index in [0.717, 1.165) is 5.56 Å². The number of carbonyl (C=O) groups is 1. The van der Waals surface area contributed by atoms with Crippen LogP contribution in [0, 0.1) is 6.92 Å². The van der Waals surface area contributed by atoms with Crippen molar-refractivity contribution in [2.45, 2.75) is 13.5 Å². The highest BCUT2D eigenvalue weighted by molar-refractivity contribution is 6.30. The number of carbonyl (C=O) groups excluding carboxylic acids is 1. The Morgan fingerprint density at radius 2 is 2.19 bits per heavy atom. The Kier molecular flexibility index (Phi) is 4.41. The second-order valence-corrected chi connectivity index (χ2v) is 6.64. The van der Waals surface area contributed by atoms with Gasteiger partial charge in [0.25, 0.3) is 5.56 Å². The Bertz CT molecular complexity index is 1150. The normalized spacial score (nSPS) is 12.9. The van der Waals surface area contributed by atoms with E-state index in [1.807, 2.05) is 13.0 Å². The molecular weight excluding hydrogens is 368 g/mol. The lowest BCUT2D eigenvalue weighted by molar-refractivity contribution is -0.140. The van der Waals surface area contributed by atoms with Crippen molar-refractivity contribution in [3.63, 3.8) is 0 Å². The quantitative estimate of drug-likeness (QED) is 0.702. The number of aromatic nitrogens is 2. The number of nitrogens with one attached hydrogen (secondary N) is 1. The zero-order chi connectivity index (χ0) is 19.0. The highest BCUT2D eigenvalue weighted by Crippen LogP contribution is 2.29. The molecule has 0 aliphatic carbocycles. The van der Waals surface area contributed by atoms with Crippen LogP contribution in [0.25, 0.3) is 17.0 Å². The van der Waals surface area contributed by atoms with E-state index >= 15 is 0 Å². The summed E-state index contributed by atoms with van der Waals surface area (Å²) in [6, 6.07) is 10.6. The summed E-state index contributed by atoms with van der Waals surface area (Å²) < 4.78 is 10.9. The van der Waals surface area contributed by atoms with Gasteiger partial charge in [0, 0.05) is 10.6 Å². The molecule has 1 aliphatic rings. The van der Waals surface area contributed by atoms with Crippen LogP contribution >= 0.6 is 11.6 Å². The number of H-pyrrole nitrogens is 1. The maximum Gasteiger partial charge on any atom is 0.337 e. The Balaban J connectivity index is 1.54. The number of aromatic amines is 1. The molecule has 2 aromatic carbocycles. The topological polar surface area (TPSA) is 81.3 Å². The molecule has 0 unspecified atom stereocenters. The van der Waals surface area contributed by atoms with E-state index in [9.17, 15) is 9.59 Å². The number of rotatable bonds is 3. The summed E-state index contributed by atoms with van der Waals surface area (Å²) in [6.45, 7) is 1.84. The fourth-order valence-corrected chi connectivity index (χ4v) is 3.09.